The van der Waals surface area contributed by atoms with Crippen LogP contribution >= 0.6 is 0 Å². The smallest absolute Gasteiger partial charge is 0.290 e. The van der Waals surface area contributed by atoms with E-state index in [1.54, 1.807) is 0 Å². The van der Waals surface area contributed by atoms with Gasteiger partial charge >= 0.3 is 0 Å². The molecule has 2 rings (SSSR count). The Hall–Kier alpha value is -2.21. The Kier molecular flexibility index (Phi) is 8.18. The van der Waals surface area contributed by atoms with Crippen LogP contribution in [-0.4, -0.2) is 29.2 Å². The highest BCUT2D eigenvalue weighted by molar-refractivity contribution is 6.38. The Labute approximate surface area is 167 Å². The lowest BCUT2D eigenvalue weighted by molar-refractivity contribution is -0.141. The number of nitrogens with two attached hydrogens (primary N) is 1. The first-order valence-corrected chi connectivity index (χ1v) is 10.4. The van der Waals surface area contributed by atoms with Gasteiger partial charge in [-0.3, -0.25) is 14.4 Å². The number of carbonyl (C=O) groups is 3. The fraction of sp³-hybridized carbons (Fsp3) is 0.591. The summed E-state index contributed by atoms with van der Waals surface area (Å²) in [7, 11) is 0. The summed E-state index contributed by atoms with van der Waals surface area (Å²) in [4.78, 5) is 38.0. The molecule has 0 bridgehead atoms. The Balaban J connectivity index is 2.02. The molecule has 6 heteroatoms. The molecule has 1 aliphatic rings. The number of hydrogen-bond acceptors (Lipinski definition) is 4. The van der Waals surface area contributed by atoms with Crippen LogP contribution in [0.2, 0.25) is 0 Å². The number of nitrogens with one attached hydrogen (secondary N) is 2. The molecule has 1 saturated carbocycles. The number of unbranched alkanes of at least 4 members (excludes halogenated alkanes) is 1. The van der Waals surface area contributed by atoms with E-state index in [9.17, 15) is 14.4 Å². The van der Waals surface area contributed by atoms with Gasteiger partial charge in [-0.2, -0.15) is 0 Å². The second kappa shape index (κ2) is 10.4. The fourth-order valence-electron chi connectivity index (χ4n) is 3.64. The molecule has 0 spiro atoms. The molecule has 0 saturated heterocycles. The van der Waals surface area contributed by atoms with Crippen molar-refractivity contribution in [3.05, 3.63) is 35.9 Å². The molecule has 6 nitrogen and oxygen atoms in total. The van der Waals surface area contributed by atoms with Crippen molar-refractivity contribution in [1.29, 1.82) is 0 Å². The summed E-state index contributed by atoms with van der Waals surface area (Å²) in [5, 5.41) is 5.53. The number of benzene rings is 1. The number of amides is 2. The maximum atomic E-state index is 12.8. The SMILES string of the molecule is CCCC[C@H](NC(=O)C1(N)CCCCC1)C(=O)C(=O)N[C@@H](C)c1ccccc1. The largest absolute Gasteiger partial charge is 0.344 e. The second-order valence-corrected chi connectivity index (χ2v) is 7.86. The molecule has 0 aliphatic heterocycles. The molecule has 0 radical (unpaired) electrons. The lowest BCUT2D eigenvalue weighted by Crippen LogP contribution is -2.59. The number of rotatable bonds is 9. The third-order valence-electron chi connectivity index (χ3n) is 5.54. The zero-order valence-electron chi connectivity index (χ0n) is 17.0. The third-order valence-corrected chi connectivity index (χ3v) is 5.54. The van der Waals surface area contributed by atoms with Crippen molar-refractivity contribution in [1.82, 2.24) is 10.6 Å². The average molecular weight is 388 g/mol. The molecule has 1 fully saturated rings. The summed E-state index contributed by atoms with van der Waals surface area (Å²) in [6.07, 6.45) is 6.17. The lowest BCUT2D eigenvalue weighted by atomic mass is 9.81. The number of carbonyl (C=O) groups excluding carboxylic acids is 3. The standard InChI is InChI=1S/C22H33N3O3/c1-3-4-13-18(25-21(28)22(23)14-9-6-10-15-22)19(26)20(27)24-16(2)17-11-7-5-8-12-17/h5,7-8,11-12,16,18H,3-4,6,9-10,13-15,23H2,1-2H3,(H,24,27)(H,25,28)/t16-,18-/m0/s1. The van der Waals surface area contributed by atoms with Gasteiger partial charge in [-0.05, 0) is 31.7 Å². The van der Waals surface area contributed by atoms with Crippen LogP contribution in [-0.2, 0) is 14.4 Å². The predicted molar refractivity (Wildman–Crippen MR) is 109 cm³/mol. The predicted octanol–water partition coefficient (Wildman–Crippen LogP) is 2.77. The molecule has 1 aliphatic carbocycles. The molecule has 4 N–H and O–H groups in total. The molecule has 2 amide bonds. The van der Waals surface area contributed by atoms with E-state index < -0.39 is 23.3 Å². The Morgan fingerprint density at radius 2 is 1.71 bits per heavy atom. The summed E-state index contributed by atoms with van der Waals surface area (Å²) in [6, 6.07) is 8.33. The van der Waals surface area contributed by atoms with Crippen molar-refractivity contribution < 1.29 is 14.4 Å². The maximum Gasteiger partial charge on any atom is 0.290 e. The number of hydrogen-bond donors (Lipinski definition) is 3. The Bertz CT molecular complexity index is 669. The van der Waals surface area contributed by atoms with Gasteiger partial charge in [0.25, 0.3) is 5.91 Å². The van der Waals surface area contributed by atoms with Crippen LogP contribution < -0.4 is 16.4 Å². The van der Waals surface area contributed by atoms with Crippen LogP contribution in [0, 0.1) is 0 Å². The van der Waals surface area contributed by atoms with Crippen molar-refractivity contribution in [2.45, 2.75) is 82.8 Å². The monoisotopic (exact) mass is 387 g/mol. The fourth-order valence-corrected chi connectivity index (χ4v) is 3.64. The molecular weight excluding hydrogens is 354 g/mol. The van der Waals surface area contributed by atoms with E-state index in [0.29, 0.717) is 19.3 Å². The highest BCUT2D eigenvalue weighted by Gasteiger charge is 2.38. The average Bonchev–Trinajstić information content (AvgIpc) is 2.71. The van der Waals surface area contributed by atoms with Gasteiger partial charge in [-0.25, -0.2) is 0 Å². The quantitative estimate of drug-likeness (QED) is 0.567. The Morgan fingerprint density at radius 1 is 1.07 bits per heavy atom. The first-order chi connectivity index (χ1) is 13.4. The van der Waals surface area contributed by atoms with Crippen LogP contribution in [0.25, 0.3) is 0 Å². The van der Waals surface area contributed by atoms with Crippen LogP contribution in [0.4, 0.5) is 0 Å². The summed E-state index contributed by atoms with van der Waals surface area (Å²) < 4.78 is 0. The van der Waals surface area contributed by atoms with E-state index in [0.717, 1.165) is 37.7 Å². The summed E-state index contributed by atoms with van der Waals surface area (Å²) >= 11 is 0. The van der Waals surface area contributed by atoms with Crippen LogP contribution in [0.15, 0.2) is 30.3 Å². The lowest BCUT2D eigenvalue weighted by Gasteiger charge is -2.33. The van der Waals surface area contributed by atoms with Crippen molar-refractivity contribution in [2.24, 2.45) is 5.73 Å². The van der Waals surface area contributed by atoms with Gasteiger partial charge in [-0.15, -0.1) is 0 Å². The first-order valence-electron chi connectivity index (χ1n) is 10.4. The molecule has 1 aromatic rings. The van der Waals surface area contributed by atoms with Gasteiger partial charge in [-0.1, -0.05) is 69.4 Å². The maximum absolute atomic E-state index is 12.8. The minimum Gasteiger partial charge on any atom is -0.344 e. The third kappa shape index (κ3) is 5.89. The molecule has 0 aromatic heterocycles. The summed E-state index contributed by atoms with van der Waals surface area (Å²) in [5.74, 6) is -1.60. The highest BCUT2D eigenvalue weighted by atomic mass is 16.2. The van der Waals surface area contributed by atoms with Crippen molar-refractivity contribution in [3.8, 4) is 0 Å². The zero-order valence-corrected chi connectivity index (χ0v) is 17.0. The topological polar surface area (TPSA) is 101 Å². The van der Waals surface area contributed by atoms with Gasteiger partial charge in [0.2, 0.25) is 11.7 Å². The molecule has 0 unspecified atom stereocenters. The van der Waals surface area contributed by atoms with Gasteiger partial charge in [0.15, 0.2) is 0 Å². The van der Waals surface area contributed by atoms with Gasteiger partial charge < -0.3 is 16.4 Å². The first kappa shape index (κ1) is 22.1. The van der Waals surface area contributed by atoms with Crippen LogP contribution in [0.3, 0.4) is 0 Å². The normalized spacial score (nSPS) is 18.0. The van der Waals surface area contributed by atoms with Gasteiger partial charge in [0, 0.05) is 0 Å². The molecule has 0 heterocycles. The Morgan fingerprint density at radius 3 is 2.32 bits per heavy atom. The minimum absolute atomic E-state index is 0.292. The highest BCUT2D eigenvalue weighted by Crippen LogP contribution is 2.26. The molecular formula is C22H33N3O3. The van der Waals surface area contributed by atoms with E-state index in [1.807, 2.05) is 44.2 Å². The summed E-state index contributed by atoms with van der Waals surface area (Å²) in [6.45, 7) is 3.84. The molecule has 1 aromatic carbocycles. The van der Waals surface area contributed by atoms with Crippen LogP contribution in [0.1, 0.15) is 76.8 Å². The van der Waals surface area contributed by atoms with E-state index in [-0.39, 0.29) is 11.9 Å². The number of Topliss-reactive ketones (excluding diaryl/α,β-unsaturated/α-hetero) is 1. The van der Waals surface area contributed by atoms with E-state index in [2.05, 4.69) is 10.6 Å². The molecule has 2 atom stereocenters. The second-order valence-electron chi connectivity index (χ2n) is 7.86. The minimum atomic E-state index is -0.934. The van der Waals surface area contributed by atoms with E-state index in [1.165, 1.54) is 0 Å². The van der Waals surface area contributed by atoms with E-state index in [4.69, 9.17) is 5.73 Å². The zero-order chi connectivity index (χ0) is 20.6. The van der Waals surface area contributed by atoms with Crippen LogP contribution in [0.5, 0.6) is 0 Å². The van der Waals surface area contributed by atoms with Crippen molar-refractivity contribution >= 4 is 17.6 Å². The van der Waals surface area contributed by atoms with Gasteiger partial charge in [0.1, 0.15) is 0 Å². The summed E-state index contributed by atoms with van der Waals surface area (Å²) in [5.41, 5.74) is 6.27. The van der Waals surface area contributed by atoms with E-state index >= 15 is 0 Å². The van der Waals surface area contributed by atoms with Gasteiger partial charge in [0.05, 0.1) is 17.6 Å². The number of ketones is 1. The van der Waals surface area contributed by atoms with Crippen molar-refractivity contribution in [2.75, 3.05) is 0 Å². The molecule has 28 heavy (non-hydrogen) atoms. The molecule has 154 valence electrons. The van der Waals surface area contributed by atoms with Crippen molar-refractivity contribution in [3.63, 3.8) is 0 Å².